The van der Waals surface area contributed by atoms with Crippen LogP contribution in [0.1, 0.15) is 10.4 Å². The summed E-state index contributed by atoms with van der Waals surface area (Å²) >= 11 is 1.41. The third-order valence-corrected chi connectivity index (χ3v) is 5.07. The van der Waals surface area contributed by atoms with Gasteiger partial charge in [-0.05, 0) is 18.2 Å². The van der Waals surface area contributed by atoms with Crippen LogP contribution in [0, 0.1) is 0 Å². The van der Waals surface area contributed by atoms with Crippen molar-refractivity contribution in [3.8, 4) is 23.0 Å². The van der Waals surface area contributed by atoms with E-state index in [1.807, 2.05) is 12.1 Å². The van der Waals surface area contributed by atoms with Crippen molar-refractivity contribution < 1.29 is 23.7 Å². The number of carbonyl (C=O) groups is 1. The molecule has 1 amide bonds. The fraction of sp³-hybridized carbons (Fsp3) is 0.222. The van der Waals surface area contributed by atoms with Crippen molar-refractivity contribution in [2.45, 2.75) is 0 Å². The van der Waals surface area contributed by atoms with E-state index in [4.69, 9.17) is 18.9 Å². The van der Waals surface area contributed by atoms with Crippen molar-refractivity contribution in [3.63, 3.8) is 0 Å². The van der Waals surface area contributed by atoms with Gasteiger partial charge in [0.15, 0.2) is 23.0 Å². The van der Waals surface area contributed by atoms with Crippen molar-refractivity contribution in [1.82, 2.24) is 10.4 Å². The Morgan fingerprint density at radius 1 is 0.889 bits per heavy atom. The van der Waals surface area contributed by atoms with Gasteiger partial charge in [-0.3, -0.25) is 15.6 Å². The van der Waals surface area contributed by atoms with Gasteiger partial charge in [-0.2, -0.15) is 0 Å². The van der Waals surface area contributed by atoms with Gasteiger partial charge in [0.2, 0.25) is 5.13 Å². The van der Waals surface area contributed by atoms with Crippen molar-refractivity contribution in [2.24, 2.45) is 0 Å². The molecule has 0 saturated carbocycles. The number of rotatable bonds is 3. The van der Waals surface area contributed by atoms with Crippen LogP contribution in [0.4, 0.5) is 5.13 Å². The van der Waals surface area contributed by atoms with Crippen LogP contribution >= 0.6 is 11.3 Å². The number of anilines is 1. The Morgan fingerprint density at radius 2 is 1.56 bits per heavy atom. The molecule has 0 radical (unpaired) electrons. The molecule has 27 heavy (non-hydrogen) atoms. The Morgan fingerprint density at radius 3 is 2.33 bits per heavy atom. The second kappa shape index (κ2) is 6.51. The maximum absolute atomic E-state index is 12.4. The van der Waals surface area contributed by atoms with Crippen LogP contribution in [0.15, 0.2) is 30.3 Å². The topological polar surface area (TPSA) is 90.9 Å². The molecule has 0 saturated heterocycles. The zero-order valence-electron chi connectivity index (χ0n) is 14.1. The zero-order valence-corrected chi connectivity index (χ0v) is 14.9. The highest BCUT2D eigenvalue weighted by Crippen LogP contribution is 2.37. The van der Waals surface area contributed by atoms with E-state index in [0.29, 0.717) is 60.1 Å². The SMILES string of the molecule is O=C(NNc1nc2cc3c(cc2s1)OCCO3)c1ccc2c(c1)OCCO2. The van der Waals surface area contributed by atoms with Crippen molar-refractivity contribution >= 4 is 32.6 Å². The van der Waals surface area contributed by atoms with Gasteiger partial charge in [0.1, 0.15) is 26.4 Å². The van der Waals surface area contributed by atoms with Crippen LogP contribution in [-0.4, -0.2) is 37.3 Å². The van der Waals surface area contributed by atoms with Gasteiger partial charge in [-0.15, -0.1) is 0 Å². The van der Waals surface area contributed by atoms with E-state index in [1.165, 1.54) is 11.3 Å². The highest BCUT2D eigenvalue weighted by molar-refractivity contribution is 7.22. The summed E-state index contributed by atoms with van der Waals surface area (Å²) < 4.78 is 23.1. The molecule has 0 unspecified atom stereocenters. The van der Waals surface area contributed by atoms with Crippen LogP contribution < -0.4 is 29.8 Å². The van der Waals surface area contributed by atoms with E-state index >= 15 is 0 Å². The van der Waals surface area contributed by atoms with Gasteiger partial charge in [0.05, 0.1) is 10.2 Å². The van der Waals surface area contributed by atoms with Crippen LogP contribution in [0.2, 0.25) is 0 Å². The molecule has 8 nitrogen and oxygen atoms in total. The van der Waals surface area contributed by atoms with Crippen molar-refractivity contribution in [2.75, 3.05) is 31.9 Å². The molecule has 9 heteroatoms. The summed E-state index contributed by atoms with van der Waals surface area (Å²) in [6.45, 7) is 2.05. The van der Waals surface area contributed by atoms with Crippen LogP contribution in [0.3, 0.4) is 0 Å². The van der Waals surface area contributed by atoms with Gasteiger partial charge < -0.3 is 18.9 Å². The number of amides is 1. The van der Waals surface area contributed by atoms with Crippen LogP contribution in [-0.2, 0) is 0 Å². The number of aromatic nitrogens is 1. The summed E-state index contributed by atoms with van der Waals surface area (Å²) in [7, 11) is 0. The van der Waals surface area contributed by atoms with E-state index in [-0.39, 0.29) is 5.91 Å². The van der Waals surface area contributed by atoms with Crippen molar-refractivity contribution in [1.29, 1.82) is 0 Å². The first kappa shape index (κ1) is 16.0. The van der Waals surface area contributed by atoms with E-state index in [0.717, 1.165) is 10.2 Å². The first-order valence-electron chi connectivity index (χ1n) is 8.42. The number of benzene rings is 2. The lowest BCUT2D eigenvalue weighted by Crippen LogP contribution is -2.29. The maximum Gasteiger partial charge on any atom is 0.269 e. The first-order valence-corrected chi connectivity index (χ1v) is 9.24. The molecule has 0 aliphatic carbocycles. The van der Waals surface area contributed by atoms with E-state index < -0.39 is 0 Å². The quantitative estimate of drug-likeness (QED) is 0.670. The van der Waals surface area contributed by atoms with E-state index in [1.54, 1.807) is 18.2 Å². The second-order valence-corrected chi connectivity index (χ2v) is 6.95. The molecule has 5 rings (SSSR count). The lowest BCUT2D eigenvalue weighted by Gasteiger charge is -2.18. The largest absolute Gasteiger partial charge is 0.486 e. The number of hydrazine groups is 1. The number of hydrogen-bond donors (Lipinski definition) is 2. The zero-order chi connectivity index (χ0) is 18.2. The predicted molar refractivity (Wildman–Crippen MR) is 99.1 cm³/mol. The molecule has 138 valence electrons. The summed E-state index contributed by atoms with van der Waals surface area (Å²) in [6, 6.07) is 8.81. The number of nitrogens with one attached hydrogen (secondary N) is 2. The lowest BCUT2D eigenvalue weighted by molar-refractivity contribution is 0.0961. The summed E-state index contributed by atoms with van der Waals surface area (Å²) in [6.07, 6.45) is 0. The number of hydrogen-bond acceptors (Lipinski definition) is 8. The van der Waals surface area contributed by atoms with Gasteiger partial charge >= 0.3 is 0 Å². The van der Waals surface area contributed by atoms with Crippen molar-refractivity contribution in [3.05, 3.63) is 35.9 Å². The molecule has 2 aliphatic heterocycles. The summed E-state index contributed by atoms with van der Waals surface area (Å²) in [5.41, 5.74) is 6.75. The van der Waals surface area contributed by atoms with Gasteiger partial charge in [-0.1, -0.05) is 11.3 Å². The van der Waals surface area contributed by atoms with Crippen LogP contribution in [0.5, 0.6) is 23.0 Å². The molecule has 0 fully saturated rings. The highest BCUT2D eigenvalue weighted by atomic mass is 32.1. The minimum absolute atomic E-state index is 0.294. The first-order chi connectivity index (χ1) is 13.3. The van der Waals surface area contributed by atoms with Gasteiger partial charge in [-0.25, -0.2) is 4.98 Å². The Labute approximate surface area is 158 Å². The molecule has 0 spiro atoms. The average Bonchev–Trinajstić information content (AvgIpc) is 3.11. The Kier molecular flexibility index (Phi) is 3.86. The predicted octanol–water partition coefficient (Wildman–Crippen LogP) is 2.60. The molecule has 2 N–H and O–H groups in total. The third-order valence-electron chi connectivity index (χ3n) is 4.14. The number of fused-ring (bicyclic) bond motifs is 3. The number of carbonyl (C=O) groups excluding carboxylic acids is 1. The number of nitrogens with zero attached hydrogens (tertiary/aromatic N) is 1. The Hall–Kier alpha value is -3.20. The summed E-state index contributed by atoms with van der Waals surface area (Å²) in [4.78, 5) is 16.9. The average molecular weight is 385 g/mol. The number of ether oxygens (including phenoxy) is 4. The molecule has 3 aromatic rings. The molecule has 1 aromatic heterocycles. The molecule has 3 heterocycles. The number of thiazole rings is 1. The molecule has 0 bridgehead atoms. The third kappa shape index (κ3) is 3.06. The maximum atomic E-state index is 12.4. The second-order valence-electron chi connectivity index (χ2n) is 5.92. The lowest BCUT2D eigenvalue weighted by atomic mass is 10.2. The van der Waals surface area contributed by atoms with E-state index in [9.17, 15) is 4.79 Å². The van der Waals surface area contributed by atoms with Gasteiger partial charge in [0.25, 0.3) is 5.91 Å². The Bertz CT molecular complexity index is 992. The molecule has 2 aromatic carbocycles. The summed E-state index contributed by atoms with van der Waals surface area (Å²) in [5, 5.41) is 0.568. The van der Waals surface area contributed by atoms with E-state index in [2.05, 4.69) is 15.8 Å². The molecule has 0 atom stereocenters. The van der Waals surface area contributed by atoms with Crippen LogP contribution in [0.25, 0.3) is 10.2 Å². The normalized spacial score (nSPS) is 14.7. The minimum Gasteiger partial charge on any atom is -0.486 e. The molecular weight excluding hydrogens is 370 g/mol. The van der Waals surface area contributed by atoms with Gasteiger partial charge in [0, 0.05) is 17.7 Å². The Balaban J connectivity index is 1.31. The monoisotopic (exact) mass is 385 g/mol. The molecule has 2 aliphatic rings. The summed E-state index contributed by atoms with van der Waals surface area (Å²) in [5.74, 6) is 2.32. The standard InChI is InChI=1S/C18H15N3O5S/c22-17(10-1-2-12-13(7-10)24-4-3-23-12)20-21-18-19-11-8-14-15(9-16(11)27-18)26-6-5-25-14/h1-2,7-9H,3-6H2,(H,19,21)(H,20,22). The highest BCUT2D eigenvalue weighted by Gasteiger charge is 2.17. The molecular formula is C18H15N3O5S. The minimum atomic E-state index is -0.294. The fourth-order valence-corrected chi connectivity index (χ4v) is 3.71. The fourth-order valence-electron chi connectivity index (χ4n) is 2.89. The smallest absolute Gasteiger partial charge is 0.269 e.